The summed E-state index contributed by atoms with van der Waals surface area (Å²) in [6.07, 6.45) is 0. The molecule has 2 amide bonds. The van der Waals surface area contributed by atoms with Gasteiger partial charge < -0.3 is 11.1 Å². The van der Waals surface area contributed by atoms with E-state index < -0.39 is 5.91 Å². The Kier molecular flexibility index (Phi) is 4.27. The monoisotopic (exact) mass is 308 g/mol. The first kappa shape index (κ1) is 14.4. The van der Waals surface area contributed by atoms with Crippen molar-refractivity contribution in [2.75, 3.05) is 5.32 Å². The van der Waals surface area contributed by atoms with Gasteiger partial charge in [0.1, 0.15) is 0 Å². The van der Waals surface area contributed by atoms with Crippen LogP contribution >= 0.6 is 23.2 Å². The standard InChI is InChI=1S/C14H10Cl2N2O2/c15-11-4-2-1-3-9(11)14(20)18-8-5-6-12(16)10(7-8)13(17)19/h1-7H,(H2,17,19)(H,18,20). The zero-order valence-corrected chi connectivity index (χ0v) is 11.7. The first-order chi connectivity index (χ1) is 9.49. The molecule has 0 unspecified atom stereocenters. The van der Waals surface area contributed by atoms with Gasteiger partial charge in [0, 0.05) is 5.69 Å². The maximum atomic E-state index is 12.1. The number of carbonyl (C=O) groups is 2. The highest BCUT2D eigenvalue weighted by Crippen LogP contribution is 2.22. The third-order valence-corrected chi connectivity index (χ3v) is 3.27. The molecular formula is C14H10Cl2N2O2. The summed E-state index contributed by atoms with van der Waals surface area (Å²) in [7, 11) is 0. The number of nitrogens with two attached hydrogens (primary N) is 1. The average molecular weight is 309 g/mol. The van der Waals surface area contributed by atoms with Crippen LogP contribution in [0.3, 0.4) is 0 Å². The predicted octanol–water partition coefficient (Wildman–Crippen LogP) is 3.34. The van der Waals surface area contributed by atoms with Crippen LogP contribution in [0.15, 0.2) is 42.5 Å². The summed E-state index contributed by atoms with van der Waals surface area (Å²) in [5, 5.41) is 3.20. The molecule has 2 rings (SSSR count). The van der Waals surface area contributed by atoms with E-state index in [1.165, 1.54) is 12.1 Å². The zero-order valence-electron chi connectivity index (χ0n) is 10.2. The number of benzene rings is 2. The Balaban J connectivity index is 2.27. The van der Waals surface area contributed by atoms with Crippen molar-refractivity contribution in [1.82, 2.24) is 0 Å². The van der Waals surface area contributed by atoms with Gasteiger partial charge in [0.25, 0.3) is 5.91 Å². The van der Waals surface area contributed by atoms with Gasteiger partial charge in [-0.2, -0.15) is 0 Å². The molecule has 0 saturated carbocycles. The molecule has 0 radical (unpaired) electrons. The van der Waals surface area contributed by atoms with Gasteiger partial charge in [-0.15, -0.1) is 0 Å². The molecule has 0 fully saturated rings. The second-order valence-corrected chi connectivity index (χ2v) is 4.81. The Labute approximate surface area is 125 Å². The van der Waals surface area contributed by atoms with Crippen LogP contribution in [-0.2, 0) is 0 Å². The second kappa shape index (κ2) is 5.94. The quantitative estimate of drug-likeness (QED) is 0.912. The van der Waals surface area contributed by atoms with E-state index in [1.54, 1.807) is 30.3 Å². The van der Waals surface area contributed by atoms with Crippen molar-refractivity contribution in [3.8, 4) is 0 Å². The molecule has 2 aromatic rings. The Bertz CT molecular complexity index is 687. The molecule has 0 atom stereocenters. The molecule has 2 aromatic carbocycles. The van der Waals surface area contributed by atoms with Gasteiger partial charge in [0.15, 0.2) is 0 Å². The van der Waals surface area contributed by atoms with Gasteiger partial charge in [-0.05, 0) is 30.3 Å². The lowest BCUT2D eigenvalue weighted by Crippen LogP contribution is -2.15. The van der Waals surface area contributed by atoms with Gasteiger partial charge in [0.05, 0.1) is 21.2 Å². The molecule has 0 aliphatic rings. The van der Waals surface area contributed by atoms with E-state index in [4.69, 9.17) is 28.9 Å². The van der Waals surface area contributed by atoms with Crippen molar-refractivity contribution in [2.24, 2.45) is 5.73 Å². The first-order valence-corrected chi connectivity index (χ1v) is 6.40. The SMILES string of the molecule is NC(=O)c1cc(NC(=O)c2ccccc2Cl)ccc1Cl. The van der Waals surface area contributed by atoms with Crippen molar-refractivity contribution < 1.29 is 9.59 Å². The van der Waals surface area contributed by atoms with Gasteiger partial charge in [-0.1, -0.05) is 35.3 Å². The van der Waals surface area contributed by atoms with Gasteiger partial charge in [-0.3, -0.25) is 9.59 Å². The molecule has 3 N–H and O–H groups in total. The van der Waals surface area contributed by atoms with Crippen LogP contribution in [0, 0.1) is 0 Å². The third kappa shape index (κ3) is 3.10. The van der Waals surface area contributed by atoms with Crippen molar-refractivity contribution in [3.05, 3.63) is 63.6 Å². The molecule has 0 aliphatic carbocycles. The summed E-state index contributed by atoms with van der Waals surface area (Å²) in [6.45, 7) is 0. The minimum atomic E-state index is -0.663. The topological polar surface area (TPSA) is 72.2 Å². The molecule has 4 nitrogen and oxygen atoms in total. The van der Waals surface area contributed by atoms with E-state index in [2.05, 4.69) is 5.32 Å². The van der Waals surface area contributed by atoms with Gasteiger partial charge >= 0.3 is 0 Å². The van der Waals surface area contributed by atoms with Crippen molar-refractivity contribution in [3.63, 3.8) is 0 Å². The lowest BCUT2D eigenvalue weighted by atomic mass is 10.1. The summed E-state index contributed by atoms with van der Waals surface area (Å²) in [5.74, 6) is -1.04. The second-order valence-electron chi connectivity index (χ2n) is 3.99. The molecule has 0 aliphatic heterocycles. The van der Waals surface area contributed by atoms with Crippen LogP contribution in [0.5, 0.6) is 0 Å². The highest BCUT2D eigenvalue weighted by Gasteiger charge is 2.12. The van der Waals surface area contributed by atoms with E-state index in [0.717, 1.165) is 0 Å². The number of halogens is 2. The van der Waals surface area contributed by atoms with E-state index in [9.17, 15) is 9.59 Å². The minimum absolute atomic E-state index is 0.142. The molecule has 0 heterocycles. The largest absolute Gasteiger partial charge is 0.366 e. The van der Waals surface area contributed by atoms with Crippen LogP contribution in [0.1, 0.15) is 20.7 Å². The fourth-order valence-electron chi connectivity index (χ4n) is 1.64. The smallest absolute Gasteiger partial charge is 0.257 e. The molecule has 0 aromatic heterocycles. The minimum Gasteiger partial charge on any atom is -0.366 e. The van der Waals surface area contributed by atoms with E-state index in [-0.39, 0.29) is 16.5 Å². The van der Waals surface area contributed by atoms with Crippen molar-refractivity contribution in [1.29, 1.82) is 0 Å². The van der Waals surface area contributed by atoms with Crippen molar-refractivity contribution >= 4 is 40.7 Å². The Morgan fingerprint density at radius 3 is 2.25 bits per heavy atom. The highest BCUT2D eigenvalue weighted by molar-refractivity contribution is 6.35. The van der Waals surface area contributed by atoms with Crippen LogP contribution in [0.4, 0.5) is 5.69 Å². The lowest BCUT2D eigenvalue weighted by molar-refractivity contribution is 0.0996. The maximum Gasteiger partial charge on any atom is 0.257 e. The van der Waals surface area contributed by atoms with E-state index in [0.29, 0.717) is 16.3 Å². The molecule has 102 valence electrons. The highest BCUT2D eigenvalue weighted by atomic mass is 35.5. The van der Waals surface area contributed by atoms with Crippen LogP contribution in [0.2, 0.25) is 10.0 Å². The van der Waals surface area contributed by atoms with Crippen molar-refractivity contribution in [2.45, 2.75) is 0 Å². The van der Waals surface area contributed by atoms with Crippen LogP contribution in [0.25, 0.3) is 0 Å². The van der Waals surface area contributed by atoms with Crippen LogP contribution < -0.4 is 11.1 Å². The maximum absolute atomic E-state index is 12.1. The summed E-state index contributed by atoms with van der Waals surface area (Å²) in [5.41, 5.74) is 6.08. The number of anilines is 1. The number of hydrogen-bond donors (Lipinski definition) is 2. The Morgan fingerprint density at radius 2 is 1.60 bits per heavy atom. The lowest BCUT2D eigenvalue weighted by Gasteiger charge is -2.08. The zero-order chi connectivity index (χ0) is 14.7. The summed E-state index contributed by atoms with van der Waals surface area (Å²) < 4.78 is 0. The number of rotatable bonds is 3. The number of carbonyl (C=O) groups excluding carboxylic acids is 2. The van der Waals surface area contributed by atoms with E-state index in [1.807, 2.05) is 0 Å². The fourth-order valence-corrected chi connectivity index (χ4v) is 2.07. The third-order valence-electron chi connectivity index (χ3n) is 2.61. The first-order valence-electron chi connectivity index (χ1n) is 5.64. The van der Waals surface area contributed by atoms with Crippen LogP contribution in [-0.4, -0.2) is 11.8 Å². The summed E-state index contributed by atoms with van der Waals surface area (Å²) in [6, 6.07) is 11.1. The predicted molar refractivity (Wildman–Crippen MR) is 79.4 cm³/mol. The fraction of sp³-hybridized carbons (Fsp3) is 0. The number of nitrogens with one attached hydrogen (secondary N) is 1. The van der Waals surface area contributed by atoms with Gasteiger partial charge in [-0.25, -0.2) is 0 Å². The molecule has 0 bridgehead atoms. The average Bonchev–Trinajstić information content (AvgIpc) is 2.41. The molecular weight excluding hydrogens is 299 g/mol. The summed E-state index contributed by atoms with van der Waals surface area (Å²) in [4.78, 5) is 23.2. The van der Waals surface area contributed by atoms with Gasteiger partial charge in [0.2, 0.25) is 5.91 Å². The van der Waals surface area contributed by atoms with E-state index >= 15 is 0 Å². The number of primary amides is 1. The molecule has 6 heteroatoms. The normalized spacial score (nSPS) is 10.1. The molecule has 0 saturated heterocycles. The summed E-state index contributed by atoms with van der Waals surface area (Å²) >= 11 is 11.8. The Morgan fingerprint density at radius 1 is 0.950 bits per heavy atom. The number of amides is 2. The molecule has 0 spiro atoms. The number of hydrogen-bond acceptors (Lipinski definition) is 2. The Hall–Kier alpha value is -2.04. The molecule has 20 heavy (non-hydrogen) atoms.